The van der Waals surface area contributed by atoms with Crippen LogP contribution in [0.25, 0.3) is 0 Å². The van der Waals surface area contributed by atoms with Gasteiger partial charge in [-0.05, 0) is 43.9 Å². The van der Waals surface area contributed by atoms with Crippen LogP contribution in [0.2, 0.25) is 0 Å². The zero-order chi connectivity index (χ0) is 15.0. The van der Waals surface area contributed by atoms with E-state index in [1.807, 2.05) is 0 Å². The number of carbonyl (C=O) groups is 2. The number of aliphatic carboxylic acids is 1. The van der Waals surface area contributed by atoms with E-state index in [-0.39, 0.29) is 18.0 Å². The molecule has 0 aliphatic heterocycles. The molecular formula is C16H22O4. The van der Waals surface area contributed by atoms with Gasteiger partial charge in [-0.1, -0.05) is 25.3 Å². The van der Waals surface area contributed by atoms with Gasteiger partial charge in [0.25, 0.3) is 0 Å². The standard InChI is InChI=1S/C16H22O4/c1-12(17)15-11-14(18)10-9-13(15)7-5-3-2-4-6-8-16(19)20/h9-11,18H,2-8H2,1H3,(H,19,20). The van der Waals surface area contributed by atoms with Crippen LogP contribution in [0, 0.1) is 0 Å². The molecule has 4 nitrogen and oxygen atoms in total. The number of phenolic OH excluding ortho intramolecular Hbond substituents is 1. The largest absolute Gasteiger partial charge is 0.508 e. The van der Waals surface area contributed by atoms with Crippen molar-refractivity contribution in [1.29, 1.82) is 0 Å². The third kappa shape index (κ3) is 5.87. The Labute approximate surface area is 119 Å². The Hall–Kier alpha value is -1.84. The molecule has 110 valence electrons. The molecule has 0 heterocycles. The average molecular weight is 278 g/mol. The summed E-state index contributed by atoms with van der Waals surface area (Å²) in [6, 6.07) is 4.93. The van der Waals surface area contributed by atoms with E-state index in [1.54, 1.807) is 12.1 Å². The Kier molecular flexibility index (Phi) is 6.77. The molecule has 0 spiro atoms. The second-order valence-electron chi connectivity index (χ2n) is 5.06. The quantitative estimate of drug-likeness (QED) is 0.535. The van der Waals surface area contributed by atoms with Gasteiger partial charge < -0.3 is 10.2 Å². The van der Waals surface area contributed by atoms with Crippen LogP contribution in [0.3, 0.4) is 0 Å². The van der Waals surface area contributed by atoms with Crippen LogP contribution in [0.4, 0.5) is 0 Å². The Morgan fingerprint density at radius 1 is 1.05 bits per heavy atom. The molecule has 20 heavy (non-hydrogen) atoms. The number of carbonyl (C=O) groups excluding carboxylic acids is 1. The molecule has 0 aromatic heterocycles. The summed E-state index contributed by atoms with van der Waals surface area (Å²) in [5.41, 5.74) is 1.57. The highest BCUT2D eigenvalue weighted by Crippen LogP contribution is 2.19. The van der Waals surface area contributed by atoms with Crippen molar-refractivity contribution < 1.29 is 19.8 Å². The fraction of sp³-hybridized carbons (Fsp3) is 0.500. The van der Waals surface area contributed by atoms with Crippen LogP contribution in [-0.2, 0) is 11.2 Å². The molecule has 1 aromatic rings. The van der Waals surface area contributed by atoms with E-state index in [2.05, 4.69) is 0 Å². The third-order valence-electron chi connectivity index (χ3n) is 3.31. The first-order chi connectivity index (χ1) is 9.50. The summed E-state index contributed by atoms with van der Waals surface area (Å²) in [5.74, 6) is -0.648. The predicted molar refractivity (Wildman–Crippen MR) is 77.2 cm³/mol. The highest BCUT2D eigenvalue weighted by Gasteiger charge is 2.08. The zero-order valence-corrected chi connectivity index (χ0v) is 11.9. The molecule has 0 aliphatic carbocycles. The van der Waals surface area contributed by atoms with Gasteiger partial charge in [0, 0.05) is 12.0 Å². The molecule has 0 saturated carbocycles. The number of hydrogen-bond acceptors (Lipinski definition) is 3. The van der Waals surface area contributed by atoms with Crippen LogP contribution in [0.1, 0.15) is 61.4 Å². The second kappa shape index (κ2) is 8.35. The monoisotopic (exact) mass is 278 g/mol. The van der Waals surface area contributed by atoms with E-state index in [0.29, 0.717) is 5.56 Å². The summed E-state index contributed by atoms with van der Waals surface area (Å²) in [5, 5.41) is 17.9. The van der Waals surface area contributed by atoms with Crippen molar-refractivity contribution in [2.24, 2.45) is 0 Å². The van der Waals surface area contributed by atoms with E-state index < -0.39 is 5.97 Å². The fourth-order valence-corrected chi connectivity index (χ4v) is 2.23. The van der Waals surface area contributed by atoms with Gasteiger partial charge in [-0.2, -0.15) is 0 Å². The Morgan fingerprint density at radius 2 is 1.70 bits per heavy atom. The summed E-state index contributed by atoms with van der Waals surface area (Å²) in [6.07, 6.45) is 5.73. The first kappa shape index (κ1) is 16.2. The topological polar surface area (TPSA) is 74.6 Å². The minimum Gasteiger partial charge on any atom is -0.508 e. The van der Waals surface area contributed by atoms with E-state index >= 15 is 0 Å². The lowest BCUT2D eigenvalue weighted by molar-refractivity contribution is -0.137. The van der Waals surface area contributed by atoms with Crippen LogP contribution in [-0.4, -0.2) is 22.0 Å². The predicted octanol–water partition coefficient (Wildman–Crippen LogP) is 3.56. The number of aryl methyl sites for hydroxylation is 1. The molecule has 0 amide bonds. The number of aromatic hydroxyl groups is 1. The second-order valence-corrected chi connectivity index (χ2v) is 5.06. The summed E-state index contributed by atoms with van der Waals surface area (Å²) in [4.78, 5) is 21.8. The number of carboxylic acids is 1. The van der Waals surface area contributed by atoms with Gasteiger partial charge in [0.1, 0.15) is 5.75 Å². The average Bonchev–Trinajstić information content (AvgIpc) is 2.38. The van der Waals surface area contributed by atoms with Gasteiger partial charge in [-0.15, -0.1) is 0 Å². The van der Waals surface area contributed by atoms with E-state index in [1.165, 1.54) is 13.0 Å². The number of unbranched alkanes of at least 4 members (excludes halogenated alkanes) is 4. The van der Waals surface area contributed by atoms with Crippen molar-refractivity contribution in [3.05, 3.63) is 29.3 Å². The molecule has 0 fully saturated rings. The molecule has 0 bridgehead atoms. The maximum atomic E-state index is 11.5. The molecule has 0 unspecified atom stereocenters. The van der Waals surface area contributed by atoms with Crippen molar-refractivity contribution in [3.8, 4) is 5.75 Å². The molecule has 1 aromatic carbocycles. The summed E-state index contributed by atoms with van der Waals surface area (Å²) in [7, 11) is 0. The molecule has 0 saturated heterocycles. The first-order valence-corrected chi connectivity index (χ1v) is 7.05. The first-order valence-electron chi connectivity index (χ1n) is 7.05. The molecule has 0 atom stereocenters. The smallest absolute Gasteiger partial charge is 0.303 e. The van der Waals surface area contributed by atoms with E-state index in [0.717, 1.165) is 44.1 Å². The minimum atomic E-state index is -0.736. The van der Waals surface area contributed by atoms with Gasteiger partial charge in [-0.25, -0.2) is 0 Å². The fourth-order valence-electron chi connectivity index (χ4n) is 2.23. The number of ketones is 1. The van der Waals surface area contributed by atoms with Crippen LogP contribution >= 0.6 is 0 Å². The molecule has 0 radical (unpaired) electrons. The van der Waals surface area contributed by atoms with Crippen molar-refractivity contribution in [2.45, 2.75) is 51.9 Å². The van der Waals surface area contributed by atoms with Gasteiger partial charge in [0.15, 0.2) is 5.78 Å². The minimum absolute atomic E-state index is 0.0302. The molecule has 2 N–H and O–H groups in total. The lowest BCUT2D eigenvalue weighted by Gasteiger charge is -2.07. The summed E-state index contributed by atoms with van der Waals surface area (Å²) in [6.45, 7) is 1.50. The normalized spacial score (nSPS) is 10.4. The number of carboxylic acid groups (broad SMARTS) is 1. The summed E-state index contributed by atoms with van der Waals surface area (Å²) >= 11 is 0. The lowest BCUT2D eigenvalue weighted by atomic mass is 9.98. The maximum Gasteiger partial charge on any atom is 0.303 e. The van der Waals surface area contributed by atoms with Crippen LogP contribution in [0.15, 0.2) is 18.2 Å². The highest BCUT2D eigenvalue weighted by molar-refractivity contribution is 5.95. The van der Waals surface area contributed by atoms with Crippen molar-refractivity contribution >= 4 is 11.8 Å². The van der Waals surface area contributed by atoms with Gasteiger partial charge in [0.05, 0.1) is 0 Å². The SMILES string of the molecule is CC(=O)c1cc(O)ccc1CCCCCCCC(=O)O. The lowest BCUT2D eigenvalue weighted by Crippen LogP contribution is -1.99. The third-order valence-corrected chi connectivity index (χ3v) is 3.31. The number of hydrogen-bond donors (Lipinski definition) is 2. The zero-order valence-electron chi connectivity index (χ0n) is 11.9. The number of benzene rings is 1. The summed E-state index contributed by atoms with van der Waals surface area (Å²) < 4.78 is 0. The molecule has 4 heteroatoms. The highest BCUT2D eigenvalue weighted by atomic mass is 16.4. The number of Topliss-reactive ketones (excluding diaryl/α,β-unsaturated/α-hetero) is 1. The van der Waals surface area contributed by atoms with Gasteiger partial charge >= 0.3 is 5.97 Å². The van der Waals surface area contributed by atoms with Crippen LogP contribution < -0.4 is 0 Å². The van der Waals surface area contributed by atoms with Crippen molar-refractivity contribution in [3.63, 3.8) is 0 Å². The van der Waals surface area contributed by atoms with Gasteiger partial charge in [-0.3, -0.25) is 9.59 Å². The number of phenols is 1. The van der Waals surface area contributed by atoms with Crippen LogP contribution in [0.5, 0.6) is 5.75 Å². The van der Waals surface area contributed by atoms with Gasteiger partial charge in [0.2, 0.25) is 0 Å². The Morgan fingerprint density at radius 3 is 2.35 bits per heavy atom. The van der Waals surface area contributed by atoms with Crippen molar-refractivity contribution in [1.82, 2.24) is 0 Å². The molecular weight excluding hydrogens is 256 g/mol. The van der Waals surface area contributed by atoms with E-state index in [4.69, 9.17) is 5.11 Å². The number of rotatable bonds is 9. The Bertz CT molecular complexity index is 466. The Balaban J connectivity index is 2.32. The van der Waals surface area contributed by atoms with Crippen molar-refractivity contribution in [2.75, 3.05) is 0 Å². The van der Waals surface area contributed by atoms with E-state index in [9.17, 15) is 14.7 Å². The molecule has 0 aliphatic rings. The molecule has 1 rings (SSSR count). The maximum absolute atomic E-state index is 11.5.